The van der Waals surface area contributed by atoms with Crippen LogP contribution in [0.3, 0.4) is 0 Å². The van der Waals surface area contributed by atoms with Crippen LogP contribution < -0.4 is 5.32 Å². The molecule has 1 aromatic rings. The van der Waals surface area contributed by atoms with E-state index in [0.717, 1.165) is 32.2 Å². The molecule has 3 nitrogen and oxygen atoms in total. The Morgan fingerprint density at radius 2 is 2.29 bits per heavy atom. The summed E-state index contributed by atoms with van der Waals surface area (Å²) in [5, 5.41) is 3.49. The SMILES string of the molecule is CN1CCC2(CNc3ccccc32)CC1C=O. The molecule has 0 aliphatic carbocycles. The maximum Gasteiger partial charge on any atom is 0.137 e. The molecule has 1 fully saturated rings. The fraction of sp³-hybridized carbons (Fsp3) is 0.500. The molecule has 2 heterocycles. The molecule has 90 valence electrons. The highest BCUT2D eigenvalue weighted by Crippen LogP contribution is 2.44. The molecule has 1 spiro atoms. The van der Waals surface area contributed by atoms with E-state index in [0.29, 0.717) is 0 Å². The van der Waals surface area contributed by atoms with Gasteiger partial charge in [0.25, 0.3) is 0 Å². The third-order valence-corrected chi connectivity index (χ3v) is 4.38. The molecule has 0 bridgehead atoms. The van der Waals surface area contributed by atoms with Gasteiger partial charge in [0.2, 0.25) is 0 Å². The molecule has 2 unspecified atom stereocenters. The van der Waals surface area contributed by atoms with Gasteiger partial charge in [-0.3, -0.25) is 4.90 Å². The predicted octanol–water partition coefficient (Wildman–Crippen LogP) is 1.64. The first kappa shape index (κ1) is 10.8. The van der Waals surface area contributed by atoms with Gasteiger partial charge >= 0.3 is 0 Å². The first-order valence-electron chi connectivity index (χ1n) is 6.24. The van der Waals surface area contributed by atoms with Crippen molar-refractivity contribution in [1.29, 1.82) is 0 Å². The summed E-state index contributed by atoms with van der Waals surface area (Å²) < 4.78 is 0. The van der Waals surface area contributed by atoms with Crippen molar-refractivity contribution in [3.05, 3.63) is 29.8 Å². The van der Waals surface area contributed by atoms with Crippen LogP contribution in [0.1, 0.15) is 18.4 Å². The van der Waals surface area contributed by atoms with Crippen LogP contribution in [0.25, 0.3) is 0 Å². The van der Waals surface area contributed by atoms with Crippen LogP contribution in [0, 0.1) is 0 Å². The zero-order valence-corrected chi connectivity index (χ0v) is 10.1. The lowest BCUT2D eigenvalue weighted by atomic mass is 9.72. The number of para-hydroxylation sites is 1. The van der Waals surface area contributed by atoms with Crippen molar-refractivity contribution in [2.75, 3.05) is 25.5 Å². The third kappa shape index (κ3) is 1.57. The summed E-state index contributed by atoms with van der Waals surface area (Å²) in [6, 6.07) is 8.58. The molecule has 0 saturated carbocycles. The first-order valence-corrected chi connectivity index (χ1v) is 6.24. The van der Waals surface area contributed by atoms with Crippen molar-refractivity contribution in [3.63, 3.8) is 0 Å². The Labute approximate surface area is 102 Å². The van der Waals surface area contributed by atoms with E-state index < -0.39 is 0 Å². The number of hydrogen-bond donors (Lipinski definition) is 1. The minimum Gasteiger partial charge on any atom is -0.384 e. The zero-order chi connectivity index (χ0) is 11.9. The second kappa shape index (κ2) is 3.84. The van der Waals surface area contributed by atoms with Gasteiger partial charge in [-0.05, 0) is 38.1 Å². The number of fused-ring (bicyclic) bond motifs is 2. The average molecular weight is 230 g/mol. The number of nitrogens with one attached hydrogen (secondary N) is 1. The number of carbonyl (C=O) groups is 1. The van der Waals surface area contributed by atoms with Crippen molar-refractivity contribution in [3.8, 4) is 0 Å². The number of likely N-dealkylation sites (N-methyl/N-ethyl adjacent to an activating group) is 1. The standard InChI is InChI=1S/C14H18N2O/c1-16-7-6-14(8-11(16)9-17)10-15-13-5-3-2-4-12(13)14/h2-5,9,11,15H,6-8,10H2,1H3. The van der Waals surface area contributed by atoms with Gasteiger partial charge < -0.3 is 10.1 Å². The maximum atomic E-state index is 11.2. The van der Waals surface area contributed by atoms with E-state index in [1.54, 1.807) is 0 Å². The van der Waals surface area contributed by atoms with Gasteiger partial charge in [0, 0.05) is 17.6 Å². The molecule has 2 atom stereocenters. The van der Waals surface area contributed by atoms with Crippen LogP contribution in [-0.4, -0.2) is 37.4 Å². The fourth-order valence-corrected chi connectivity index (χ4v) is 3.23. The summed E-state index contributed by atoms with van der Waals surface area (Å²) in [5.74, 6) is 0. The minimum absolute atomic E-state index is 0.0664. The van der Waals surface area contributed by atoms with Gasteiger partial charge in [-0.15, -0.1) is 0 Å². The first-order chi connectivity index (χ1) is 8.25. The number of hydrogen-bond acceptors (Lipinski definition) is 3. The molecule has 2 aliphatic heterocycles. The van der Waals surface area contributed by atoms with Crippen LogP contribution >= 0.6 is 0 Å². The molecule has 17 heavy (non-hydrogen) atoms. The summed E-state index contributed by atoms with van der Waals surface area (Å²) >= 11 is 0. The van der Waals surface area contributed by atoms with Crippen molar-refractivity contribution in [2.45, 2.75) is 24.3 Å². The van der Waals surface area contributed by atoms with E-state index in [-0.39, 0.29) is 11.5 Å². The lowest BCUT2D eigenvalue weighted by molar-refractivity contribution is -0.113. The topological polar surface area (TPSA) is 32.3 Å². The molecule has 1 saturated heterocycles. The molecule has 0 radical (unpaired) electrons. The Morgan fingerprint density at radius 1 is 1.47 bits per heavy atom. The third-order valence-electron chi connectivity index (χ3n) is 4.38. The number of anilines is 1. The molecule has 0 amide bonds. The van der Waals surface area contributed by atoms with Crippen LogP contribution in [0.5, 0.6) is 0 Å². The summed E-state index contributed by atoms with van der Waals surface area (Å²) in [6.07, 6.45) is 3.18. The van der Waals surface area contributed by atoms with Gasteiger partial charge in [0.05, 0.1) is 6.04 Å². The van der Waals surface area contributed by atoms with Gasteiger partial charge in [-0.1, -0.05) is 18.2 Å². The predicted molar refractivity (Wildman–Crippen MR) is 68.3 cm³/mol. The molecule has 3 rings (SSSR count). The Hall–Kier alpha value is -1.35. The molecule has 1 N–H and O–H groups in total. The van der Waals surface area contributed by atoms with Crippen molar-refractivity contribution < 1.29 is 4.79 Å². The van der Waals surface area contributed by atoms with E-state index in [1.807, 2.05) is 7.05 Å². The van der Waals surface area contributed by atoms with Crippen molar-refractivity contribution >= 4 is 12.0 Å². The van der Waals surface area contributed by atoms with Gasteiger partial charge in [-0.25, -0.2) is 0 Å². The highest BCUT2D eigenvalue weighted by molar-refractivity contribution is 5.63. The molecule has 3 heteroatoms. The molecule has 0 aromatic heterocycles. The Balaban J connectivity index is 1.96. The molecular weight excluding hydrogens is 212 g/mol. The molecule has 2 aliphatic rings. The number of rotatable bonds is 1. The Kier molecular flexibility index (Phi) is 2.44. The van der Waals surface area contributed by atoms with Gasteiger partial charge in [-0.2, -0.15) is 0 Å². The minimum atomic E-state index is 0.0664. The van der Waals surface area contributed by atoms with Crippen LogP contribution in [0.15, 0.2) is 24.3 Å². The second-order valence-corrected chi connectivity index (χ2v) is 5.32. The zero-order valence-electron chi connectivity index (χ0n) is 10.1. The van der Waals surface area contributed by atoms with E-state index in [2.05, 4.69) is 34.5 Å². The monoisotopic (exact) mass is 230 g/mol. The summed E-state index contributed by atoms with van der Waals surface area (Å²) in [7, 11) is 2.04. The van der Waals surface area contributed by atoms with E-state index in [1.165, 1.54) is 11.3 Å². The largest absolute Gasteiger partial charge is 0.384 e. The molecule has 1 aromatic carbocycles. The van der Waals surface area contributed by atoms with E-state index in [9.17, 15) is 4.79 Å². The highest BCUT2D eigenvalue weighted by Gasteiger charge is 2.43. The summed E-state index contributed by atoms with van der Waals surface area (Å²) in [6.45, 7) is 1.98. The van der Waals surface area contributed by atoms with Crippen LogP contribution in [0.4, 0.5) is 5.69 Å². The highest BCUT2D eigenvalue weighted by atomic mass is 16.1. The Morgan fingerprint density at radius 3 is 3.12 bits per heavy atom. The van der Waals surface area contributed by atoms with Crippen molar-refractivity contribution in [2.24, 2.45) is 0 Å². The average Bonchev–Trinajstić information content (AvgIpc) is 2.72. The van der Waals surface area contributed by atoms with E-state index in [4.69, 9.17) is 0 Å². The quantitative estimate of drug-likeness (QED) is 0.744. The number of likely N-dealkylation sites (tertiary alicyclic amines) is 1. The molecular formula is C14H18N2O. The van der Waals surface area contributed by atoms with Crippen LogP contribution in [0.2, 0.25) is 0 Å². The maximum absolute atomic E-state index is 11.2. The van der Waals surface area contributed by atoms with E-state index >= 15 is 0 Å². The van der Waals surface area contributed by atoms with Gasteiger partial charge in [0.1, 0.15) is 6.29 Å². The Bertz CT molecular complexity index is 446. The number of carbonyl (C=O) groups excluding carboxylic acids is 1. The number of nitrogens with zero attached hydrogens (tertiary/aromatic N) is 1. The summed E-state index contributed by atoms with van der Waals surface area (Å²) in [4.78, 5) is 13.3. The number of aldehydes is 1. The van der Waals surface area contributed by atoms with Gasteiger partial charge in [0.15, 0.2) is 0 Å². The number of piperidine rings is 1. The normalized spacial score (nSPS) is 32.2. The summed E-state index contributed by atoms with van der Waals surface area (Å²) in [5.41, 5.74) is 2.83. The van der Waals surface area contributed by atoms with Crippen molar-refractivity contribution in [1.82, 2.24) is 4.90 Å². The second-order valence-electron chi connectivity index (χ2n) is 5.32. The fourth-order valence-electron chi connectivity index (χ4n) is 3.23. The number of benzene rings is 1. The van der Waals surface area contributed by atoms with Crippen LogP contribution in [-0.2, 0) is 10.2 Å². The smallest absolute Gasteiger partial charge is 0.137 e. The lowest BCUT2D eigenvalue weighted by Gasteiger charge is -2.41. The lowest BCUT2D eigenvalue weighted by Crippen LogP contribution is -2.48.